The van der Waals surface area contributed by atoms with E-state index >= 15 is 0 Å². The Bertz CT molecular complexity index is 211. The Hall–Kier alpha value is 2.76. The van der Waals surface area contributed by atoms with Crippen molar-refractivity contribution in [2.45, 2.75) is 0 Å². The predicted molar refractivity (Wildman–Crippen MR) is 34.3 cm³/mol. The molecule has 0 atom stereocenters. The van der Waals surface area contributed by atoms with E-state index in [2.05, 4.69) is 0 Å². The molecule has 0 aromatic carbocycles. The molecule has 0 fully saturated rings. The minimum atomic E-state index is -5.39. The zero-order valence-corrected chi connectivity index (χ0v) is 19.5. The van der Waals surface area contributed by atoms with E-state index in [1.54, 1.807) is 0 Å². The molecule has 0 saturated carbocycles. The zero-order chi connectivity index (χ0) is 13.5. The normalized spacial score (nSPS) is 9.83. The Balaban J connectivity index is -0.0000000277. The molecule has 0 unspecified atom stereocenters. The molecule has 5 radical (unpaired) electrons. The van der Waals surface area contributed by atoms with Gasteiger partial charge in [-0.05, 0) is 0 Å². The first-order valence-corrected chi connectivity index (χ1v) is 6.57. The second-order valence-electron chi connectivity index (χ2n) is 1.34. The standard InChI is InChI=1S/3H3O4P.2Pb.V/c3*1-5(2,3)4;;;/h3*(H3,1,2,3,4);;;/q;;;2*+2;/p-9. The summed E-state index contributed by atoms with van der Waals surface area (Å²) in [5.74, 6) is 0. The quantitative estimate of drug-likeness (QED) is 0.165. The van der Waals surface area contributed by atoms with Gasteiger partial charge in [0.25, 0.3) is 0 Å². The van der Waals surface area contributed by atoms with Crippen LogP contribution in [0.5, 0.6) is 0 Å². The summed E-state index contributed by atoms with van der Waals surface area (Å²) in [6, 6.07) is 0. The minimum Gasteiger partial charge on any atom is -0.822 e. The maximum absolute atomic E-state index is 8.55. The van der Waals surface area contributed by atoms with Gasteiger partial charge in [0.2, 0.25) is 0 Å². The molecule has 0 aromatic heterocycles. The molecule has 0 aliphatic carbocycles. The van der Waals surface area contributed by atoms with Crippen molar-refractivity contribution in [2.24, 2.45) is 0 Å². The fourth-order valence-electron chi connectivity index (χ4n) is 0. The van der Waals surface area contributed by atoms with Crippen molar-refractivity contribution in [3.05, 3.63) is 0 Å². The van der Waals surface area contributed by atoms with Crippen LogP contribution in [-0.4, -0.2) is 54.6 Å². The number of hydrogen-bond donors (Lipinski definition) is 0. The molecule has 0 bridgehead atoms. The summed E-state index contributed by atoms with van der Waals surface area (Å²) in [4.78, 5) is 76.9. The Labute approximate surface area is 153 Å². The third-order valence-corrected chi connectivity index (χ3v) is 0. The van der Waals surface area contributed by atoms with Gasteiger partial charge in [0.05, 0.1) is 0 Å². The van der Waals surface area contributed by atoms with Crippen molar-refractivity contribution in [1.82, 2.24) is 0 Å². The molecule has 105 valence electrons. The Morgan fingerprint density at radius 2 is 0.444 bits per heavy atom. The summed E-state index contributed by atoms with van der Waals surface area (Å²) in [7, 11) is -16.2. The largest absolute Gasteiger partial charge is 2.00 e. The molecule has 0 heterocycles. The Kier molecular flexibility index (Phi) is 33.4. The van der Waals surface area contributed by atoms with Crippen LogP contribution in [0.25, 0.3) is 0 Å². The third-order valence-electron chi connectivity index (χ3n) is 0. The number of rotatable bonds is 0. The van der Waals surface area contributed by atoms with E-state index in [1.165, 1.54) is 0 Å². The van der Waals surface area contributed by atoms with Crippen LogP contribution in [0.3, 0.4) is 0 Å². The predicted octanol–water partition coefficient (Wildman–Crippen LogP) is -9.24. The molecule has 0 rings (SSSR count). The van der Waals surface area contributed by atoms with Gasteiger partial charge in [-0.2, -0.15) is 23.5 Å². The van der Waals surface area contributed by atoms with Crippen molar-refractivity contribution in [3.63, 3.8) is 0 Å². The molecule has 18 heavy (non-hydrogen) atoms. The molecule has 0 saturated heterocycles. The summed E-state index contributed by atoms with van der Waals surface area (Å²) in [5, 5.41) is 0. The first-order chi connectivity index (χ1) is 6.00. The molecule has 0 spiro atoms. The van der Waals surface area contributed by atoms with E-state index in [9.17, 15) is 0 Å². The molecular formula is O12P3Pb2V-5. The van der Waals surface area contributed by atoms with Crippen LogP contribution in [0.2, 0.25) is 0 Å². The third kappa shape index (κ3) is 777. The van der Waals surface area contributed by atoms with Crippen LogP contribution in [0.15, 0.2) is 0 Å². The SMILES string of the molecule is O=P([O-])([O-])[O-].O=P([O-])([O-])[O-].O=P([O-])([O-])[O-].[Pb+2].[Pb+2].[V]. The molecule has 18 heteroatoms. The van der Waals surface area contributed by atoms with Gasteiger partial charge >= 0.3 is 54.6 Å². The van der Waals surface area contributed by atoms with E-state index in [4.69, 9.17) is 57.7 Å². The summed E-state index contributed by atoms with van der Waals surface area (Å²) in [6.45, 7) is 0. The second kappa shape index (κ2) is 16.1. The minimum absolute atomic E-state index is 0. The molecule has 0 amide bonds. The van der Waals surface area contributed by atoms with Gasteiger partial charge in [0.15, 0.2) is 0 Å². The van der Waals surface area contributed by atoms with Gasteiger partial charge in [-0.3, -0.25) is 0 Å². The van der Waals surface area contributed by atoms with Crippen LogP contribution in [0.4, 0.5) is 0 Å². The van der Waals surface area contributed by atoms with Crippen LogP contribution in [0.1, 0.15) is 0 Å². The van der Waals surface area contributed by atoms with Crippen molar-refractivity contribution in [2.75, 3.05) is 0 Å². The van der Waals surface area contributed by atoms with Gasteiger partial charge in [0, 0.05) is 18.6 Å². The van der Waals surface area contributed by atoms with Gasteiger partial charge < -0.3 is 57.7 Å². The molecule has 0 aliphatic rings. The summed E-state index contributed by atoms with van der Waals surface area (Å²) >= 11 is 0. The van der Waals surface area contributed by atoms with Crippen molar-refractivity contribution >= 4 is 78.1 Å². The van der Waals surface area contributed by atoms with Crippen LogP contribution < -0.4 is 44.0 Å². The molecule has 12 nitrogen and oxygen atoms in total. The van der Waals surface area contributed by atoms with Gasteiger partial charge in [-0.25, -0.2) is 0 Å². The first-order valence-electron chi connectivity index (χ1n) is 2.19. The fourth-order valence-corrected chi connectivity index (χ4v) is 0. The van der Waals surface area contributed by atoms with Crippen LogP contribution >= 0.6 is 23.5 Å². The van der Waals surface area contributed by atoms with E-state index in [0.29, 0.717) is 0 Å². The number of hydrogen-bond acceptors (Lipinski definition) is 12. The fraction of sp³-hybridized carbons (Fsp3) is 0. The van der Waals surface area contributed by atoms with Crippen molar-refractivity contribution < 1.29 is 76.3 Å². The second-order valence-corrected chi connectivity index (χ2v) is 4.02. The molecule has 0 N–H and O–H groups in total. The van der Waals surface area contributed by atoms with Crippen molar-refractivity contribution in [1.29, 1.82) is 0 Å². The van der Waals surface area contributed by atoms with Gasteiger partial charge in [-0.1, -0.05) is 0 Å². The maximum atomic E-state index is 8.55. The average molecular weight is 750 g/mol. The number of phosphoric acid groups is 3. The Morgan fingerprint density at radius 1 is 0.444 bits per heavy atom. The summed E-state index contributed by atoms with van der Waals surface area (Å²) < 4.78 is 25.6. The van der Waals surface area contributed by atoms with E-state index in [1.807, 2.05) is 0 Å². The zero-order valence-electron chi connectivity index (χ0n) is 7.69. The average Bonchev–Trinajstić information content (AvgIpc) is 1.41. The van der Waals surface area contributed by atoms with Crippen molar-refractivity contribution in [3.8, 4) is 0 Å². The first kappa shape index (κ1) is 37.2. The topological polar surface area (TPSA) is 259 Å². The van der Waals surface area contributed by atoms with Gasteiger partial charge in [-0.15, -0.1) is 0 Å². The monoisotopic (exact) mass is 752 g/mol. The summed E-state index contributed by atoms with van der Waals surface area (Å²) in [5.41, 5.74) is 0. The Morgan fingerprint density at radius 3 is 0.444 bits per heavy atom. The van der Waals surface area contributed by atoms with Crippen LogP contribution in [-0.2, 0) is 32.3 Å². The van der Waals surface area contributed by atoms with Crippen LogP contribution in [0, 0.1) is 0 Å². The van der Waals surface area contributed by atoms with E-state index < -0.39 is 23.5 Å². The molecular weight excluding hydrogens is 750 g/mol. The summed E-state index contributed by atoms with van der Waals surface area (Å²) in [6.07, 6.45) is 0. The van der Waals surface area contributed by atoms with E-state index in [-0.39, 0.29) is 73.2 Å². The maximum Gasteiger partial charge on any atom is 2.00 e. The molecule has 0 aromatic rings. The smallest absolute Gasteiger partial charge is 0.822 e. The van der Waals surface area contributed by atoms with Gasteiger partial charge in [0.1, 0.15) is 0 Å². The molecule has 0 aliphatic heterocycles. The van der Waals surface area contributed by atoms with E-state index in [0.717, 1.165) is 0 Å².